The zero-order chi connectivity index (χ0) is 18.9. The normalized spacial score (nSPS) is 14.6. The molecule has 1 amide bonds. The number of methoxy groups -OCH3 is 1. The van der Waals surface area contributed by atoms with E-state index in [0.717, 1.165) is 37.4 Å². The fourth-order valence-electron chi connectivity index (χ4n) is 3.00. The second-order valence-corrected chi connectivity index (χ2v) is 6.58. The third-order valence-electron chi connectivity index (χ3n) is 4.57. The maximum atomic E-state index is 12.1. The lowest BCUT2D eigenvalue weighted by Crippen LogP contribution is -3.15. The Balaban J connectivity index is 1.51. The Kier molecular flexibility index (Phi) is 7.07. The minimum Gasteiger partial charge on any atom is -0.493 e. The predicted molar refractivity (Wildman–Crippen MR) is 102 cm³/mol. The number of nitrogens with one attached hydrogen (secondary N) is 2. The number of hydrogen-bond donors (Lipinski definition) is 2. The highest BCUT2D eigenvalue weighted by Gasteiger charge is 2.17. The lowest BCUT2D eigenvalue weighted by Gasteiger charge is -2.23. The predicted octanol–water partition coefficient (Wildman–Crippen LogP) is 0.806. The zero-order valence-electron chi connectivity index (χ0n) is 15.7. The van der Waals surface area contributed by atoms with Gasteiger partial charge in [-0.1, -0.05) is 36.4 Å². The van der Waals surface area contributed by atoms with Crippen molar-refractivity contribution in [2.75, 3.05) is 40.0 Å². The quantitative estimate of drug-likeness (QED) is 0.721. The van der Waals surface area contributed by atoms with E-state index in [1.54, 1.807) is 7.11 Å². The summed E-state index contributed by atoms with van der Waals surface area (Å²) < 4.78 is 16.6. The molecule has 1 aliphatic rings. The Morgan fingerprint density at radius 3 is 2.59 bits per heavy atom. The van der Waals surface area contributed by atoms with Gasteiger partial charge >= 0.3 is 0 Å². The smallest absolute Gasteiger partial charge is 0.275 e. The molecule has 1 fully saturated rings. The summed E-state index contributed by atoms with van der Waals surface area (Å²) in [6.07, 6.45) is 0. The van der Waals surface area contributed by atoms with Crippen molar-refractivity contribution in [2.24, 2.45) is 0 Å². The molecule has 0 bridgehead atoms. The maximum Gasteiger partial charge on any atom is 0.275 e. The number of ether oxygens (including phenoxy) is 3. The molecule has 1 heterocycles. The van der Waals surface area contributed by atoms with Crippen LogP contribution in [0.15, 0.2) is 48.5 Å². The van der Waals surface area contributed by atoms with Crippen LogP contribution in [0.2, 0.25) is 0 Å². The number of carbonyl (C=O) groups excluding carboxylic acids is 1. The Bertz CT molecular complexity index is 730. The summed E-state index contributed by atoms with van der Waals surface area (Å²) in [6, 6.07) is 15.7. The SMILES string of the molecule is COc1cc(CNC(=O)C[NH+]2CCOCC2)ccc1OCc1ccccc1. The molecule has 2 N–H and O–H groups in total. The van der Waals surface area contributed by atoms with Crippen molar-refractivity contribution in [3.05, 3.63) is 59.7 Å². The van der Waals surface area contributed by atoms with E-state index in [9.17, 15) is 4.79 Å². The number of carbonyl (C=O) groups is 1. The Labute approximate surface area is 160 Å². The summed E-state index contributed by atoms with van der Waals surface area (Å²) in [4.78, 5) is 13.4. The summed E-state index contributed by atoms with van der Waals surface area (Å²) in [6.45, 7) is 4.66. The number of rotatable bonds is 8. The van der Waals surface area contributed by atoms with Gasteiger partial charge in [0, 0.05) is 6.54 Å². The lowest BCUT2D eigenvalue weighted by molar-refractivity contribution is -0.900. The van der Waals surface area contributed by atoms with Gasteiger partial charge in [0.15, 0.2) is 18.0 Å². The Morgan fingerprint density at radius 1 is 1.07 bits per heavy atom. The lowest BCUT2D eigenvalue weighted by atomic mass is 10.2. The van der Waals surface area contributed by atoms with E-state index in [1.807, 2.05) is 48.5 Å². The molecule has 1 aliphatic heterocycles. The van der Waals surface area contributed by atoms with Gasteiger partial charge in [0.2, 0.25) is 0 Å². The minimum atomic E-state index is 0.0512. The van der Waals surface area contributed by atoms with E-state index in [4.69, 9.17) is 14.2 Å². The molecule has 6 nitrogen and oxygen atoms in total. The minimum absolute atomic E-state index is 0.0512. The summed E-state index contributed by atoms with van der Waals surface area (Å²) in [5.41, 5.74) is 2.07. The highest BCUT2D eigenvalue weighted by Crippen LogP contribution is 2.28. The average Bonchev–Trinajstić information content (AvgIpc) is 2.72. The Hall–Kier alpha value is -2.57. The molecule has 0 unspecified atom stereocenters. The van der Waals surface area contributed by atoms with Crippen LogP contribution in [0.4, 0.5) is 0 Å². The average molecular weight is 371 g/mol. The number of morpholine rings is 1. The van der Waals surface area contributed by atoms with Gasteiger partial charge in [0.05, 0.1) is 20.3 Å². The fourth-order valence-corrected chi connectivity index (χ4v) is 3.00. The molecule has 0 atom stereocenters. The summed E-state index contributed by atoms with van der Waals surface area (Å²) in [5.74, 6) is 1.40. The van der Waals surface area contributed by atoms with Gasteiger partial charge < -0.3 is 24.4 Å². The monoisotopic (exact) mass is 371 g/mol. The van der Waals surface area contributed by atoms with Gasteiger partial charge in [0.1, 0.15) is 19.7 Å². The van der Waals surface area contributed by atoms with Crippen molar-refractivity contribution in [3.63, 3.8) is 0 Å². The number of quaternary nitrogens is 1. The molecule has 27 heavy (non-hydrogen) atoms. The van der Waals surface area contributed by atoms with Gasteiger partial charge in [0.25, 0.3) is 5.91 Å². The topological polar surface area (TPSA) is 61.2 Å². The molecular formula is C21H27N2O4+. The molecule has 144 valence electrons. The molecule has 0 aromatic heterocycles. The fraction of sp³-hybridized carbons (Fsp3) is 0.381. The van der Waals surface area contributed by atoms with Crippen molar-refractivity contribution in [2.45, 2.75) is 13.2 Å². The molecule has 6 heteroatoms. The van der Waals surface area contributed by atoms with Crippen LogP contribution in [-0.4, -0.2) is 45.9 Å². The van der Waals surface area contributed by atoms with Crippen molar-refractivity contribution >= 4 is 5.91 Å². The molecule has 2 aromatic carbocycles. The second-order valence-electron chi connectivity index (χ2n) is 6.58. The second kappa shape index (κ2) is 9.94. The van der Waals surface area contributed by atoms with E-state index >= 15 is 0 Å². The molecule has 0 saturated carbocycles. The number of hydrogen-bond acceptors (Lipinski definition) is 4. The van der Waals surface area contributed by atoms with E-state index in [-0.39, 0.29) is 5.91 Å². The van der Waals surface area contributed by atoms with E-state index in [2.05, 4.69) is 5.32 Å². The standard InChI is InChI=1S/C21H26N2O4/c1-25-20-13-18(14-22-21(24)15-23-9-11-26-12-10-23)7-8-19(20)27-16-17-5-3-2-4-6-17/h2-8,13H,9-12,14-16H2,1H3,(H,22,24)/p+1. The van der Waals surface area contributed by atoms with Gasteiger partial charge in [-0.2, -0.15) is 0 Å². The van der Waals surface area contributed by atoms with Crippen LogP contribution < -0.4 is 19.7 Å². The Morgan fingerprint density at radius 2 is 1.85 bits per heavy atom. The van der Waals surface area contributed by atoms with Crippen LogP contribution in [0, 0.1) is 0 Å². The van der Waals surface area contributed by atoms with E-state index in [1.165, 1.54) is 4.90 Å². The van der Waals surface area contributed by atoms with Crippen molar-refractivity contribution < 1.29 is 23.9 Å². The van der Waals surface area contributed by atoms with Crippen LogP contribution >= 0.6 is 0 Å². The zero-order valence-corrected chi connectivity index (χ0v) is 15.7. The first kappa shape index (κ1) is 19.2. The molecule has 1 saturated heterocycles. The first-order chi connectivity index (χ1) is 13.2. The van der Waals surface area contributed by atoms with Crippen LogP contribution in [0.5, 0.6) is 11.5 Å². The van der Waals surface area contributed by atoms with Crippen molar-refractivity contribution in [3.8, 4) is 11.5 Å². The highest BCUT2D eigenvalue weighted by atomic mass is 16.5. The summed E-state index contributed by atoms with van der Waals surface area (Å²) >= 11 is 0. The first-order valence-corrected chi connectivity index (χ1v) is 9.26. The van der Waals surface area contributed by atoms with Crippen LogP contribution in [-0.2, 0) is 22.7 Å². The summed E-state index contributed by atoms with van der Waals surface area (Å²) in [7, 11) is 1.62. The van der Waals surface area contributed by atoms with Crippen LogP contribution in [0.25, 0.3) is 0 Å². The van der Waals surface area contributed by atoms with Crippen molar-refractivity contribution in [1.29, 1.82) is 0 Å². The van der Waals surface area contributed by atoms with Gasteiger partial charge in [-0.05, 0) is 23.3 Å². The van der Waals surface area contributed by atoms with E-state index in [0.29, 0.717) is 31.2 Å². The highest BCUT2D eigenvalue weighted by molar-refractivity contribution is 5.76. The molecule has 0 radical (unpaired) electrons. The van der Waals surface area contributed by atoms with Crippen LogP contribution in [0.3, 0.4) is 0 Å². The van der Waals surface area contributed by atoms with Gasteiger partial charge in [-0.15, -0.1) is 0 Å². The number of amides is 1. The van der Waals surface area contributed by atoms with Gasteiger partial charge in [-0.25, -0.2) is 0 Å². The molecule has 2 aromatic rings. The molecular weight excluding hydrogens is 344 g/mol. The molecule has 3 rings (SSSR count). The van der Waals surface area contributed by atoms with Gasteiger partial charge in [-0.3, -0.25) is 4.79 Å². The maximum absolute atomic E-state index is 12.1. The van der Waals surface area contributed by atoms with Crippen LogP contribution in [0.1, 0.15) is 11.1 Å². The number of benzene rings is 2. The molecule has 0 spiro atoms. The third-order valence-corrected chi connectivity index (χ3v) is 4.57. The molecule has 0 aliphatic carbocycles. The van der Waals surface area contributed by atoms with E-state index < -0.39 is 0 Å². The largest absolute Gasteiger partial charge is 0.493 e. The third kappa shape index (κ3) is 5.98. The van der Waals surface area contributed by atoms with Crippen molar-refractivity contribution in [1.82, 2.24) is 5.32 Å². The first-order valence-electron chi connectivity index (χ1n) is 9.26. The summed E-state index contributed by atoms with van der Waals surface area (Å²) in [5, 5.41) is 2.98.